The zero-order valence-corrected chi connectivity index (χ0v) is 14.7. The summed E-state index contributed by atoms with van der Waals surface area (Å²) in [5.74, 6) is -0.263. The second kappa shape index (κ2) is 8.67. The summed E-state index contributed by atoms with van der Waals surface area (Å²) in [6, 6.07) is 7.53. The second-order valence-corrected chi connectivity index (χ2v) is 6.76. The monoisotopic (exact) mass is 320 g/mol. The highest BCUT2D eigenvalue weighted by molar-refractivity contribution is 5.94. The van der Waals surface area contributed by atoms with Crippen LogP contribution in [0.4, 0.5) is 0 Å². The lowest BCUT2D eigenvalue weighted by atomic mass is 9.87. The van der Waals surface area contributed by atoms with Crippen LogP contribution in [0.3, 0.4) is 0 Å². The van der Waals surface area contributed by atoms with E-state index in [1.54, 1.807) is 7.11 Å². The molecule has 0 spiro atoms. The van der Waals surface area contributed by atoms with Gasteiger partial charge in [0.05, 0.1) is 6.61 Å². The molecule has 0 bridgehead atoms. The minimum Gasteiger partial charge on any atom is -0.383 e. The van der Waals surface area contributed by atoms with E-state index in [-0.39, 0.29) is 29.7 Å². The van der Waals surface area contributed by atoms with Crippen molar-refractivity contribution >= 4 is 11.8 Å². The Bertz CT molecular complexity index is 518. The van der Waals surface area contributed by atoms with E-state index in [1.807, 2.05) is 31.2 Å². The van der Waals surface area contributed by atoms with Gasteiger partial charge in [0.1, 0.15) is 0 Å². The molecule has 0 radical (unpaired) electrons. The standard InChI is InChI=1S/C18H28N2O3/c1-13(12-23-5)20-16(21)10-11-19-17(22)14-6-8-15(9-7-14)18(2,3)4/h6-9,13H,10-12H2,1-5H3,(H,19,22)(H,20,21). The van der Waals surface area contributed by atoms with Crippen LogP contribution in [0.5, 0.6) is 0 Å². The average Bonchev–Trinajstić information content (AvgIpc) is 2.46. The molecule has 23 heavy (non-hydrogen) atoms. The van der Waals surface area contributed by atoms with Crippen LogP contribution in [-0.2, 0) is 14.9 Å². The maximum absolute atomic E-state index is 12.0. The lowest BCUT2D eigenvalue weighted by Gasteiger charge is -2.19. The highest BCUT2D eigenvalue weighted by Gasteiger charge is 2.14. The van der Waals surface area contributed by atoms with Crippen LogP contribution in [0.25, 0.3) is 0 Å². The molecular weight excluding hydrogens is 292 g/mol. The van der Waals surface area contributed by atoms with E-state index in [0.29, 0.717) is 18.7 Å². The first-order chi connectivity index (χ1) is 10.7. The summed E-state index contributed by atoms with van der Waals surface area (Å²) >= 11 is 0. The van der Waals surface area contributed by atoms with Crippen molar-refractivity contribution in [2.75, 3.05) is 20.3 Å². The molecule has 0 aliphatic carbocycles. The Balaban J connectivity index is 2.41. The summed E-state index contributed by atoms with van der Waals surface area (Å²) < 4.78 is 4.95. The molecule has 0 aliphatic heterocycles. The number of nitrogens with one attached hydrogen (secondary N) is 2. The van der Waals surface area contributed by atoms with Gasteiger partial charge >= 0.3 is 0 Å². The fourth-order valence-electron chi connectivity index (χ4n) is 2.15. The summed E-state index contributed by atoms with van der Waals surface area (Å²) in [5, 5.41) is 5.57. The van der Waals surface area contributed by atoms with Crippen LogP contribution in [0, 0.1) is 0 Å². The number of hydrogen-bond donors (Lipinski definition) is 2. The van der Waals surface area contributed by atoms with E-state index >= 15 is 0 Å². The number of hydrogen-bond acceptors (Lipinski definition) is 3. The van der Waals surface area contributed by atoms with E-state index in [0.717, 1.165) is 0 Å². The molecule has 1 aromatic rings. The van der Waals surface area contributed by atoms with Crippen LogP contribution in [-0.4, -0.2) is 38.1 Å². The molecule has 0 fully saturated rings. The van der Waals surface area contributed by atoms with Crippen molar-refractivity contribution in [1.29, 1.82) is 0 Å². The van der Waals surface area contributed by atoms with Gasteiger partial charge in [0.15, 0.2) is 0 Å². The molecule has 1 aromatic carbocycles. The SMILES string of the molecule is COCC(C)NC(=O)CCNC(=O)c1ccc(C(C)(C)C)cc1. The van der Waals surface area contributed by atoms with Gasteiger partial charge in [-0.1, -0.05) is 32.9 Å². The quantitative estimate of drug-likeness (QED) is 0.810. The third-order valence-corrected chi connectivity index (χ3v) is 3.47. The third-order valence-electron chi connectivity index (χ3n) is 3.47. The van der Waals surface area contributed by atoms with E-state index in [2.05, 4.69) is 31.4 Å². The van der Waals surface area contributed by atoms with Crippen molar-refractivity contribution in [1.82, 2.24) is 10.6 Å². The fourth-order valence-corrected chi connectivity index (χ4v) is 2.15. The summed E-state index contributed by atoms with van der Waals surface area (Å²) in [5.41, 5.74) is 1.85. The summed E-state index contributed by atoms with van der Waals surface area (Å²) in [7, 11) is 1.59. The van der Waals surface area contributed by atoms with Crippen molar-refractivity contribution in [2.24, 2.45) is 0 Å². The molecule has 5 nitrogen and oxygen atoms in total. The molecule has 1 rings (SSSR count). The van der Waals surface area contributed by atoms with Gasteiger partial charge in [-0.05, 0) is 30.0 Å². The zero-order valence-electron chi connectivity index (χ0n) is 14.7. The molecule has 2 amide bonds. The van der Waals surface area contributed by atoms with Gasteiger partial charge in [-0.2, -0.15) is 0 Å². The van der Waals surface area contributed by atoms with Crippen molar-refractivity contribution < 1.29 is 14.3 Å². The van der Waals surface area contributed by atoms with Crippen LogP contribution < -0.4 is 10.6 Å². The lowest BCUT2D eigenvalue weighted by Crippen LogP contribution is -2.37. The highest BCUT2D eigenvalue weighted by Crippen LogP contribution is 2.22. The first-order valence-electron chi connectivity index (χ1n) is 7.91. The Hall–Kier alpha value is -1.88. The van der Waals surface area contributed by atoms with Crippen molar-refractivity contribution in [3.63, 3.8) is 0 Å². The van der Waals surface area contributed by atoms with Crippen molar-refractivity contribution in [3.8, 4) is 0 Å². The van der Waals surface area contributed by atoms with Gasteiger partial charge in [0.25, 0.3) is 5.91 Å². The topological polar surface area (TPSA) is 67.4 Å². The molecular formula is C18H28N2O3. The van der Waals surface area contributed by atoms with E-state index < -0.39 is 0 Å². The van der Waals surface area contributed by atoms with Gasteiger partial charge < -0.3 is 15.4 Å². The van der Waals surface area contributed by atoms with Gasteiger partial charge in [-0.3, -0.25) is 9.59 Å². The molecule has 128 valence electrons. The summed E-state index contributed by atoms with van der Waals surface area (Å²) in [6.07, 6.45) is 0.250. The Morgan fingerprint density at radius 3 is 2.30 bits per heavy atom. The van der Waals surface area contributed by atoms with Crippen LogP contribution in [0.2, 0.25) is 0 Å². The molecule has 0 saturated heterocycles. The number of ether oxygens (including phenoxy) is 1. The molecule has 0 heterocycles. The Morgan fingerprint density at radius 1 is 1.17 bits per heavy atom. The van der Waals surface area contributed by atoms with Gasteiger partial charge in [0, 0.05) is 31.7 Å². The first-order valence-corrected chi connectivity index (χ1v) is 7.91. The maximum Gasteiger partial charge on any atom is 0.251 e. The van der Waals surface area contributed by atoms with Crippen LogP contribution in [0.1, 0.15) is 50.0 Å². The number of amides is 2. The third kappa shape index (κ3) is 6.82. The van der Waals surface area contributed by atoms with Crippen molar-refractivity contribution in [3.05, 3.63) is 35.4 Å². The number of rotatable bonds is 7. The molecule has 0 aromatic heterocycles. The highest BCUT2D eigenvalue weighted by atomic mass is 16.5. The van der Waals surface area contributed by atoms with Crippen LogP contribution >= 0.6 is 0 Å². The Labute approximate surface area is 138 Å². The Kier molecular flexibility index (Phi) is 7.23. The average molecular weight is 320 g/mol. The number of carbonyl (C=O) groups excluding carboxylic acids is 2. The largest absolute Gasteiger partial charge is 0.383 e. The van der Waals surface area contributed by atoms with E-state index in [4.69, 9.17) is 4.74 Å². The molecule has 5 heteroatoms. The zero-order chi connectivity index (χ0) is 17.5. The van der Waals surface area contributed by atoms with Crippen molar-refractivity contribution in [2.45, 2.75) is 45.6 Å². The predicted molar refractivity (Wildman–Crippen MR) is 91.6 cm³/mol. The molecule has 0 saturated carbocycles. The minimum atomic E-state index is -0.164. The second-order valence-electron chi connectivity index (χ2n) is 6.76. The van der Waals surface area contributed by atoms with Gasteiger partial charge in [0.2, 0.25) is 5.91 Å². The maximum atomic E-state index is 12.0. The molecule has 0 aliphatic rings. The van der Waals surface area contributed by atoms with Gasteiger partial charge in [-0.15, -0.1) is 0 Å². The number of benzene rings is 1. The predicted octanol–water partition coefficient (Wildman–Crippen LogP) is 2.26. The summed E-state index contributed by atoms with van der Waals surface area (Å²) in [6.45, 7) is 9.04. The summed E-state index contributed by atoms with van der Waals surface area (Å²) in [4.78, 5) is 23.7. The Morgan fingerprint density at radius 2 is 1.78 bits per heavy atom. The normalized spacial score (nSPS) is 12.6. The van der Waals surface area contributed by atoms with E-state index in [9.17, 15) is 9.59 Å². The van der Waals surface area contributed by atoms with E-state index in [1.165, 1.54) is 5.56 Å². The molecule has 1 atom stereocenters. The van der Waals surface area contributed by atoms with Crippen LogP contribution in [0.15, 0.2) is 24.3 Å². The lowest BCUT2D eigenvalue weighted by molar-refractivity contribution is -0.121. The van der Waals surface area contributed by atoms with Gasteiger partial charge in [-0.25, -0.2) is 0 Å². The fraction of sp³-hybridized carbons (Fsp3) is 0.556. The molecule has 1 unspecified atom stereocenters. The molecule has 2 N–H and O–H groups in total. The number of carbonyl (C=O) groups is 2. The number of methoxy groups -OCH3 is 1. The first kappa shape index (κ1) is 19.2. The smallest absolute Gasteiger partial charge is 0.251 e. The minimum absolute atomic E-state index is 0.0341.